The first-order chi connectivity index (χ1) is 10.2. The minimum absolute atomic E-state index is 0.0106. The molecule has 2 atom stereocenters. The van der Waals surface area contributed by atoms with E-state index in [0.29, 0.717) is 18.2 Å². The van der Waals surface area contributed by atoms with Crippen LogP contribution in [-0.2, 0) is 9.47 Å². The van der Waals surface area contributed by atoms with E-state index in [1.54, 1.807) is 19.4 Å². The zero-order valence-electron chi connectivity index (χ0n) is 12.5. The van der Waals surface area contributed by atoms with Gasteiger partial charge in [0.15, 0.2) is 0 Å². The summed E-state index contributed by atoms with van der Waals surface area (Å²) in [6.07, 6.45) is 4.65. The molecule has 0 saturated carbocycles. The first-order valence-electron chi connectivity index (χ1n) is 7.56. The van der Waals surface area contributed by atoms with Crippen LogP contribution in [0.25, 0.3) is 0 Å². The summed E-state index contributed by atoms with van der Waals surface area (Å²) in [4.78, 5) is 18.4. The summed E-state index contributed by atoms with van der Waals surface area (Å²) in [6.45, 7) is 3.01. The molecule has 3 heterocycles. The van der Waals surface area contributed by atoms with E-state index in [4.69, 9.17) is 9.47 Å². The Bertz CT molecular complexity index is 494. The number of methoxy groups -OCH3 is 1. The zero-order chi connectivity index (χ0) is 14.7. The molecule has 0 radical (unpaired) electrons. The van der Waals surface area contributed by atoms with Gasteiger partial charge in [0, 0.05) is 26.5 Å². The molecule has 2 fully saturated rings. The van der Waals surface area contributed by atoms with Crippen LogP contribution in [0.2, 0.25) is 0 Å². The van der Waals surface area contributed by atoms with Gasteiger partial charge in [-0.25, -0.2) is 0 Å². The van der Waals surface area contributed by atoms with Crippen molar-refractivity contribution in [1.29, 1.82) is 0 Å². The summed E-state index contributed by atoms with van der Waals surface area (Å²) in [5, 5.41) is 0. The number of amides is 1. The molecule has 114 valence electrons. The number of hydrogen-bond donors (Lipinski definition) is 0. The lowest BCUT2D eigenvalue weighted by molar-refractivity contribution is 0.0112. The second-order valence-electron chi connectivity index (χ2n) is 6.04. The molecular formula is C16H22N2O3. The molecule has 5 heteroatoms. The Balaban J connectivity index is 1.60. The standard InChI is InChI=1S/C16H22N2O3/c1-20-9-5-13-10-16(21-11-13)6-8-18(12-16)15(19)14-4-2-3-7-17-14/h2-4,7,13H,5-6,8-12H2,1H3/t13-,16+/m0/s1. The molecule has 2 aliphatic heterocycles. The summed E-state index contributed by atoms with van der Waals surface area (Å²) in [5.41, 5.74) is 0.381. The molecule has 2 saturated heterocycles. The average molecular weight is 290 g/mol. The Hall–Kier alpha value is -1.46. The lowest BCUT2D eigenvalue weighted by atomic mass is 9.92. The highest BCUT2D eigenvalue weighted by Crippen LogP contribution is 2.39. The van der Waals surface area contributed by atoms with Gasteiger partial charge in [0.05, 0.1) is 18.8 Å². The predicted octanol–water partition coefficient (Wildman–Crippen LogP) is 1.74. The molecular weight excluding hydrogens is 268 g/mol. The molecule has 3 rings (SSSR count). The maximum absolute atomic E-state index is 12.4. The van der Waals surface area contributed by atoms with Gasteiger partial charge >= 0.3 is 0 Å². The molecule has 1 amide bonds. The van der Waals surface area contributed by atoms with Crippen molar-refractivity contribution in [1.82, 2.24) is 9.88 Å². The first kappa shape index (κ1) is 14.5. The van der Waals surface area contributed by atoms with E-state index in [2.05, 4.69) is 4.98 Å². The van der Waals surface area contributed by atoms with Crippen LogP contribution >= 0.6 is 0 Å². The van der Waals surface area contributed by atoms with Gasteiger partial charge < -0.3 is 14.4 Å². The topological polar surface area (TPSA) is 51.7 Å². The molecule has 0 aromatic carbocycles. The van der Waals surface area contributed by atoms with Crippen LogP contribution in [0, 0.1) is 5.92 Å². The van der Waals surface area contributed by atoms with E-state index in [-0.39, 0.29) is 11.5 Å². The summed E-state index contributed by atoms with van der Waals surface area (Å²) in [5.74, 6) is 0.561. The quantitative estimate of drug-likeness (QED) is 0.847. The predicted molar refractivity (Wildman–Crippen MR) is 78.0 cm³/mol. The number of carbonyl (C=O) groups excluding carboxylic acids is 1. The molecule has 5 nitrogen and oxygen atoms in total. The van der Waals surface area contributed by atoms with Crippen LogP contribution in [0.1, 0.15) is 29.8 Å². The van der Waals surface area contributed by atoms with Gasteiger partial charge in [-0.3, -0.25) is 9.78 Å². The number of likely N-dealkylation sites (tertiary alicyclic amines) is 1. The third-order valence-corrected chi connectivity index (χ3v) is 4.50. The highest BCUT2D eigenvalue weighted by molar-refractivity contribution is 5.92. The molecule has 21 heavy (non-hydrogen) atoms. The SMILES string of the molecule is COCC[C@@H]1CO[C@]2(CCN(C(=O)c3ccccn3)C2)C1. The minimum atomic E-state index is -0.136. The summed E-state index contributed by atoms with van der Waals surface area (Å²) in [6, 6.07) is 5.44. The van der Waals surface area contributed by atoms with Crippen molar-refractivity contribution in [3.05, 3.63) is 30.1 Å². The maximum Gasteiger partial charge on any atom is 0.272 e. The van der Waals surface area contributed by atoms with Crippen molar-refractivity contribution >= 4 is 5.91 Å². The highest BCUT2D eigenvalue weighted by atomic mass is 16.5. The molecule has 0 bridgehead atoms. The molecule has 2 aliphatic rings. The normalized spacial score (nSPS) is 28.4. The Morgan fingerprint density at radius 1 is 1.57 bits per heavy atom. The van der Waals surface area contributed by atoms with Gasteiger partial charge in [0.2, 0.25) is 0 Å². The van der Waals surface area contributed by atoms with E-state index >= 15 is 0 Å². The van der Waals surface area contributed by atoms with Gasteiger partial charge in [-0.2, -0.15) is 0 Å². The van der Waals surface area contributed by atoms with E-state index in [0.717, 1.165) is 39.0 Å². The number of nitrogens with zero attached hydrogens (tertiary/aromatic N) is 2. The van der Waals surface area contributed by atoms with Crippen LogP contribution in [0.15, 0.2) is 24.4 Å². The Kier molecular flexibility index (Phi) is 4.22. The molecule has 0 unspecified atom stereocenters. The Morgan fingerprint density at radius 2 is 2.48 bits per heavy atom. The van der Waals surface area contributed by atoms with Gasteiger partial charge in [0.25, 0.3) is 5.91 Å². The third kappa shape index (κ3) is 3.09. The molecule has 1 spiro atoms. The molecule has 1 aromatic rings. The Morgan fingerprint density at radius 3 is 3.24 bits per heavy atom. The van der Waals surface area contributed by atoms with Crippen molar-refractivity contribution in [2.75, 3.05) is 33.4 Å². The molecule has 0 aliphatic carbocycles. The fourth-order valence-corrected chi connectivity index (χ4v) is 3.36. The number of ether oxygens (including phenoxy) is 2. The smallest absolute Gasteiger partial charge is 0.272 e. The number of pyridine rings is 1. The number of aromatic nitrogens is 1. The van der Waals surface area contributed by atoms with E-state index in [1.807, 2.05) is 17.0 Å². The van der Waals surface area contributed by atoms with E-state index in [9.17, 15) is 4.79 Å². The van der Waals surface area contributed by atoms with Gasteiger partial charge in [0.1, 0.15) is 5.69 Å². The molecule has 1 aromatic heterocycles. The van der Waals surface area contributed by atoms with Gasteiger partial charge in [-0.15, -0.1) is 0 Å². The Labute approximate surface area is 125 Å². The van der Waals surface area contributed by atoms with Crippen LogP contribution in [0.5, 0.6) is 0 Å². The summed E-state index contributed by atoms with van der Waals surface area (Å²) in [7, 11) is 1.73. The summed E-state index contributed by atoms with van der Waals surface area (Å²) < 4.78 is 11.2. The fourth-order valence-electron chi connectivity index (χ4n) is 3.36. The van der Waals surface area contributed by atoms with E-state index in [1.165, 1.54) is 0 Å². The van der Waals surface area contributed by atoms with Crippen LogP contribution < -0.4 is 0 Å². The van der Waals surface area contributed by atoms with Crippen molar-refractivity contribution in [3.8, 4) is 0 Å². The van der Waals surface area contributed by atoms with Crippen molar-refractivity contribution in [2.24, 2.45) is 5.92 Å². The van der Waals surface area contributed by atoms with E-state index < -0.39 is 0 Å². The number of rotatable bonds is 4. The third-order valence-electron chi connectivity index (χ3n) is 4.50. The maximum atomic E-state index is 12.4. The van der Waals surface area contributed by atoms with Gasteiger partial charge in [-0.1, -0.05) is 6.07 Å². The number of hydrogen-bond acceptors (Lipinski definition) is 4. The monoisotopic (exact) mass is 290 g/mol. The number of carbonyl (C=O) groups is 1. The largest absolute Gasteiger partial charge is 0.385 e. The van der Waals surface area contributed by atoms with Crippen LogP contribution in [0.4, 0.5) is 0 Å². The van der Waals surface area contributed by atoms with Crippen molar-refractivity contribution in [3.63, 3.8) is 0 Å². The highest BCUT2D eigenvalue weighted by Gasteiger charge is 2.46. The first-order valence-corrected chi connectivity index (χ1v) is 7.56. The lowest BCUT2D eigenvalue weighted by Gasteiger charge is -2.23. The van der Waals surface area contributed by atoms with Crippen molar-refractivity contribution in [2.45, 2.75) is 24.9 Å². The van der Waals surface area contributed by atoms with Crippen LogP contribution in [0.3, 0.4) is 0 Å². The minimum Gasteiger partial charge on any atom is -0.385 e. The zero-order valence-corrected chi connectivity index (χ0v) is 12.5. The average Bonchev–Trinajstić information content (AvgIpc) is 3.13. The summed E-state index contributed by atoms with van der Waals surface area (Å²) >= 11 is 0. The van der Waals surface area contributed by atoms with Gasteiger partial charge in [-0.05, 0) is 37.3 Å². The lowest BCUT2D eigenvalue weighted by Crippen LogP contribution is -2.36. The van der Waals surface area contributed by atoms with Crippen molar-refractivity contribution < 1.29 is 14.3 Å². The van der Waals surface area contributed by atoms with Crippen LogP contribution in [-0.4, -0.2) is 54.8 Å². The fraction of sp³-hybridized carbons (Fsp3) is 0.625. The molecule has 0 N–H and O–H groups in total. The second-order valence-corrected chi connectivity index (χ2v) is 6.04. The second kappa shape index (κ2) is 6.12.